The number of nitrogens with one attached hydrogen (secondary N) is 1. The second-order valence-electron chi connectivity index (χ2n) is 6.10. The average molecular weight is 347 g/mol. The van der Waals surface area contributed by atoms with Gasteiger partial charge in [-0.15, -0.1) is 0 Å². The number of halogens is 4. The smallest absolute Gasteiger partial charge is 0.257 e. The second-order valence-corrected chi connectivity index (χ2v) is 6.10. The summed E-state index contributed by atoms with van der Waals surface area (Å²) < 4.78 is 64.7. The van der Waals surface area contributed by atoms with Crippen molar-refractivity contribution >= 4 is 5.91 Å². The molecule has 1 aliphatic heterocycles. The summed E-state index contributed by atoms with van der Waals surface area (Å²) in [6, 6.07) is 0.0730. The number of carbonyl (C=O) groups is 1. The number of rotatable bonds is 3. The molecule has 1 N–H and O–H groups in total. The van der Waals surface area contributed by atoms with Crippen LogP contribution in [0.15, 0.2) is 6.07 Å². The lowest BCUT2D eigenvalue weighted by atomic mass is 9.85. The SMILES string of the molecule is O=C(NCC1CCC2(CC1)OCCO2)c1c(F)c(F)cc(F)c1F. The second kappa shape index (κ2) is 6.68. The van der Waals surface area contributed by atoms with E-state index in [9.17, 15) is 22.4 Å². The highest BCUT2D eigenvalue weighted by Gasteiger charge is 2.40. The lowest BCUT2D eigenvalue weighted by Gasteiger charge is -2.35. The minimum atomic E-state index is -1.69. The number of carbonyl (C=O) groups excluding carboxylic acids is 1. The summed E-state index contributed by atoms with van der Waals surface area (Å²) in [5.41, 5.74) is -1.23. The topological polar surface area (TPSA) is 47.6 Å². The maximum Gasteiger partial charge on any atom is 0.257 e. The largest absolute Gasteiger partial charge is 0.352 e. The molecule has 1 aromatic carbocycles. The molecule has 1 saturated heterocycles. The van der Waals surface area contributed by atoms with Crippen molar-refractivity contribution in [2.45, 2.75) is 31.5 Å². The van der Waals surface area contributed by atoms with Gasteiger partial charge in [0.2, 0.25) is 0 Å². The fourth-order valence-corrected chi connectivity index (χ4v) is 3.21. The van der Waals surface area contributed by atoms with Crippen LogP contribution in [0.4, 0.5) is 17.6 Å². The molecule has 3 rings (SSSR count). The summed E-state index contributed by atoms with van der Waals surface area (Å²) >= 11 is 0. The molecule has 1 aromatic rings. The van der Waals surface area contributed by atoms with Gasteiger partial charge in [-0.1, -0.05) is 0 Å². The van der Waals surface area contributed by atoms with Crippen LogP contribution in [-0.2, 0) is 9.47 Å². The average Bonchev–Trinajstić information content (AvgIpc) is 3.01. The molecule has 0 radical (unpaired) electrons. The molecule has 1 aliphatic carbocycles. The molecule has 1 amide bonds. The van der Waals surface area contributed by atoms with E-state index in [4.69, 9.17) is 9.47 Å². The first kappa shape index (κ1) is 17.2. The maximum absolute atomic E-state index is 13.6. The van der Waals surface area contributed by atoms with Gasteiger partial charge >= 0.3 is 0 Å². The van der Waals surface area contributed by atoms with Gasteiger partial charge in [0, 0.05) is 25.5 Å². The Morgan fingerprint density at radius 1 is 1.08 bits per heavy atom. The minimum Gasteiger partial charge on any atom is -0.352 e. The molecule has 0 atom stereocenters. The van der Waals surface area contributed by atoms with Gasteiger partial charge in [-0.05, 0) is 18.8 Å². The summed E-state index contributed by atoms with van der Waals surface area (Å²) in [4.78, 5) is 11.9. The van der Waals surface area contributed by atoms with Crippen LogP contribution < -0.4 is 5.32 Å². The van der Waals surface area contributed by atoms with Gasteiger partial charge in [0.1, 0.15) is 5.56 Å². The lowest BCUT2D eigenvalue weighted by Crippen LogP contribution is -2.39. The molecule has 2 fully saturated rings. The van der Waals surface area contributed by atoms with Crippen LogP contribution in [-0.4, -0.2) is 31.5 Å². The molecule has 132 valence electrons. The van der Waals surface area contributed by atoms with Crippen molar-refractivity contribution in [3.8, 4) is 0 Å². The number of ether oxygens (including phenoxy) is 2. The van der Waals surface area contributed by atoms with Crippen LogP contribution >= 0.6 is 0 Å². The van der Waals surface area contributed by atoms with Crippen molar-refractivity contribution in [3.63, 3.8) is 0 Å². The number of hydrogen-bond acceptors (Lipinski definition) is 3. The summed E-state index contributed by atoms with van der Waals surface area (Å²) in [5.74, 6) is -8.22. The van der Waals surface area contributed by atoms with Gasteiger partial charge < -0.3 is 14.8 Å². The van der Waals surface area contributed by atoms with E-state index in [1.54, 1.807) is 0 Å². The van der Waals surface area contributed by atoms with E-state index < -0.39 is 40.5 Å². The van der Waals surface area contributed by atoms with E-state index >= 15 is 0 Å². The van der Waals surface area contributed by atoms with Gasteiger partial charge in [0.25, 0.3) is 5.91 Å². The van der Waals surface area contributed by atoms with Crippen molar-refractivity contribution in [3.05, 3.63) is 34.9 Å². The first-order valence-electron chi connectivity index (χ1n) is 7.81. The molecule has 1 spiro atoms. The molecule has 24 heavy (non-hydrogen) atoms. The van der Waals surface area contributed by atoms with Crippen LogP contribution in [0.3, 0.4) is 0 Å². The van der Waals surface area contributed by atoms with Crippen molar-refractivity contribution in [2.24, 2.45) is 5.92 Å². The van der Waals surface area contributed by atoms with Gasteiger partial charge in [-0.25, -0.2) is 17.6 Å². The summed E-state index contributed by atoms with van der Waals surface area (Å²) in [6.45, 7) is 1.28. The Balaban J connectivity index is 1.59. The Morgan fingerprint density at radius 3 is 2.17 bits per heavy atom. The van der Waals surface area contributed by atoms with Crippen molar-refractivity contribution < 1.29 is 31.8 Å². The molecule has 1 saturated carbocycles. The van der Waals surface area contributed by atoms with E-state index in [1.807, 2.05) is 0 Å². The van der Waals surface area contributed by atoms with Gasteiger partial charge in [-0.3, -0.25) is 4.79 Å². The predicted molar refractivity (Wildman–Crippen MR) is 75.2 cm³/mol. The molecular weight excluding hydrogens is 330 g/mol. The van der Waals surface area contributed by atoms with Crippen LogP contribution in [0, 0.1) is 29.2 Å². The first-order chi connectivity index (χ1) is 11.4. The number of hydrogen-bond donors (Lipinski definition) is 1. The third kappa shape index (κ3) is 3.25. The Morgan fingerprint density at radius 2 is 1.62 bits per heavy atom. The maximum atomic E-state index is 13.6. The molecule has 0 unspecified atom stereocenters. The van der Waals surface area contributed by atoms with Crippen LogP contribution in [0.2, 0.25) is 0 Å². The molecule has 4 nitrogen and oxygen atoms in total. The van der Waals surface area contributed by atoms with Gasteiger partial charge in [-0.2, -0.15) is 0 Å². The Bertz CT molecular complexity index is 610. The third-order valence-electron chi connectivity index (χ3n) is 4.57. The van der Waals surface area contributed by atoms with E-state index in [-0.39, 0.29) is 18.5 Å². The fourth-order valence-electron chi connectivity index (χ4n) is 3.21. The zero-order valence-electron chi connectivity index (χ0n) is 12.8. The molecule has 0 aromatic heterocycles. The number of amides is 1. The number of benzene rings is 1. The molecule has 0 bridgehead atoms. The van der Waals surface area contributed by atoms with Crippen LogP contribution in [0.1, 0.15) is 36.0 Å². The molecule has 2 aliphatic rings. The standard InChI is InChI=1S/C16H17F4NO3/c17-10-7-11(18)14(20)12(13(10)19)15(22)21-8-9-1-3-16(4-2-9)23-5-6-24-16/h7,9H,1-6,8H2,(H,21,22). The quantitative estimate of drug-likeness (QED) is 0.676. The van der Waals surface area contributed by atoms with E-state index in [2.05, 4.69) is 5.32 Å². The van der Waals surface area contributed by atoms with E-state index in [0.717, 1.165) is 0 Å². The van der Waals surface area contributed by atoms with Gasteiger partial charge in [0.15, 0.2) is 29.1 Å². The van der Waals surface area contributed by atoms with Crippen LogP contribution in [0.5, 0.6) is 0 Å². The molecule has 8 heteroatoms. The zero-order valence-corrected chi connectivity index (χ0v) is 12.8. The Labute approximate surface area is 136 Å². The van der Waals surface area contributed by atoms with Gasteiger partial charge in [0.05, 0.1) is 13.2 Å². The summed E-state index contributed by atoms with van der Waals surface area (Å²) in [5, 5.41) is 2.35. The highest BCUT2D eigenvalue weighted by molar-refractivity contribution is 5.94. The summed E-state index contributed by atoms with van der Waals surface area (Å²) in [7, 11) is 0. The predicted octanol–water partition coefficient (Wildman–Crippen LogP) is 2.91. The van der Waals surface area contributed by atoms with E-state index in [0.29, 0.717) is 38.9 Å². The summed E-state index contributed by atoms with van der Waals surface area (Å²) in [6.07, 6.45) is 2.77. The van der Waals surface area contributed by atoms with E-state index in [1.165, 1.54) is 0 Å². The Kier molecular flexibility index (Phi) is 4.78. The van der Waals surface area contributed by atoms with Crippen molar-refractivity contribution in [1.29, 1.82) is 0 Å². The van der Waals surface area contributed by atoms with Crippen molar-refractivity contribution in [1.82, 2.24) is 5.32 Å². The normalized spacial score (nSPS) is 20.5. The lowest BCUT2D eigenvalue weighted by molar-refractivity contribution is -0.182. The fraction of sp³-hybridized carbons (Fsp3) is 0.562. The highest BCUT2D eigenvalue weighted by atomic mass is 19.2. The highest BCUT2D eigenvalue weighted by Crippen LogP contribution is 2.38. The Hall–Kier alpha value is -1.67. The molecular formula is C16H17F4NO3. The third-order valence-corrected chi connectivity index (χ3v) is 4.57. The monoisotopic (exact) mass is 347 g/mol. The van der Waals surface area contributed by atoms with Crippen LogP contribution in [0.25, 0.3) is 0 Å². The first-order valence-corrected chi connectivity index (χ1v) is 7.81. The minimum absolute atomic E-state index is 0.0730. The zero-order chi connectivity index (χ0) is 17.3. The van der Waals surface area contributed by atoms with Crippen molar-refractivity contribution in [2.75, 3.05) is 19.8 Å². The molecule has 1 heterocycles.